The molecule has 12 heteroatoms. The number of nitrogens with zero attached hydrogens (tertiary/aromatic N) is 4. The van der Waals surface area contributed by atoms with Crippen molar-refractivity contribution in [3.63, 3.8) is 0 Å². The molecule has 4 rings (SSSR count). The van der Waals surface area contributed by atoms with Crippen LogP contribution < -0.4 is 10.1 Å². The van der Waals surface area contributed by atoms with Crippen LogP contribution in [0.5, 0.6) is 5.75 Å². The van der Waals surface area contributed by atoms with Crippen LogP contribution in [-0.2, 0) is 0 Å². The number of non-ortho nitro benzene ring substituents is 2. The average Bonchev–Trinajstić information content (AvgIpc) is 2.79. The highest BCUT2D eigenvalue weighted by atomic mass is 79.9. The Morgan fingerprint density at radius 3 is 2.36 bits per heavy atom. The molecule has 0 aliphatic carbocycles. The third-order valence-corrected chi connectivity index (χ3v) is 4.96. The molecule has 0 unspecified atom stereocenters. The normalized spacial score (nSPS) is 10.6. The maximum atomic E-state index is 12.5. The van der Waals surface area contributed by atoms with Crippen molar-refractivity contribution in [1.29, 1.82) is 0 Å². The van der Waals surface area contributed by atoms with E-state index in [1.165, 1.54) is 18.5 Å². The number of benzene rings is 3. The van der Waals surface area contributed by atoms with Gasteiger partial charge in [-0.3, -0.25) is 20.2 Å². The van der Waals surface area contributed by atoms with Gasteiger partial charge in [-0.15, -0.1) is 0 Å². The molecule has 33 heavy (non-hydrogen) atoms. The Kier molecular flexibility index (Phi) is 5.91. The number of esters is 1. The van der Waals surface area contributed by atoms with Crippen LogP contribution in [0.3, 0.4) is 0 Å². The van der Waals surface area contributed by atoms with Gasteiger partial charge in [0.2, 0.25) is 0 Å². The number of hydrogen-bond donors (Lipinski definition) is 1. The number of aromatic nitrogens is 2. The first-order valence-electron chi connectivity index (χ1n) is 9.23. The Hall–Kier alpha value is -4.45. The van der Waals surface area contributed by atoms with Gasteiger partial charge in [0, 0.05) is 33.7 Å². The van der Waals surface area contributed by atoms with Gasteiger partial charge in [-0.1, -0.05) is 22.0 Å². The van der Waals surface area contributed by atoms with Crippen LogP contribution in [0.25, 0.3) is 10.9 Å². The summed E-state index contributed by atoms with van der Waals surface area (Å²) in [6, 6.07) is 14.5. The highest BCUT2D eigenvalue weighted by molar-refractivity contribution is 9.10. The van der Waals surface area contributed by atoms with E-state index in [4.69, 9.17) is 4.74 Å². The van der Waals surface area contributed by atoms with Crippen LogP contribution in [0, 0.1) is 20.2 Å². The molecule has 3 aromatic carbocycles. The second-order valence-corrected chi connectivity index (χ2v) is 7.59. The Labute approximate surface area is 193 Å². The van der Waals surface area contributed by atoms with Gasteiger partial charge in [0.25, 0.3) is 11.4 Å². The molecule has 0 aliphatic heterocycles. The van der Waals surface area contributed by atoms with Crippen molar-refractivity contribution in [1.82, 2.24) is 9.97 Å². The van der Waals surface area contributed by atoms with E-state index in [1.807, 2.05) is 18.2 Å². The van der Waals surface area contributed by atoms with Crippen LogP contribution in [0.2, 0.25) is 0 Å². The number of halogens is 1. The number of ether oxygens (including phenoxy) is 1. The van der Waals surface area contributed by atoms with Gasteiger partial charge < -0.3 is 10.1 Å². The van der Waals surface area contributed by atoms with Crippen molar-refractivity contribution in [2.24, 2.45) is 0 Å². The number of anilines is 2. The molecule has 0 amide bonds. The quantitative estimate of drug-likeness (QED) is 0.160. The smallest absolute Gasteiger partial charge is 0.344 e. The van der Waals surface area contributed by atoms with Crippen LogP contribution in [-0.4, -0.2) is 25.8 Å². The highest BCUT2D eigenvalue weighted by Gasteiger charge is 2.21. The molecular formula is C21H12BrN5O6. The predicted molar refractivity (Wildman–Crippen MR) is 122 cm³/mol. The van der Waals surface area contributed by atoms with Crippen molar-refractivity contribution in [2.45, 2.75) is 0 Å². The molecule has 1 heterocycles. The Morgan fingerprint density at radius 1 is 0.939 bits per heavy atom. The molecule has 0 atom stereocenters. The fraction of sp³-hybridized carbons (Fsp3) is 0. The Morgan fingerprint density at radius 2 is 1.67 bits per heavy atom. The largest absolute Gasteiger partial charge is 0.423 e. The number of nitrogens with one attached hydrogen (secondary N) is 1. The number of nitro groups is 2. The van der Waals surface area contributed by atoms with Crippen LogP contribution >= 0.6 is 15.9 Å². The maximum absolute atomic E-state index is 12.5. The zero-order chi connectivity index (χ0) is 23.5. The van der Waals surface area contributed by atoms with E-state index in [2.05, 4.69) is 31.2 Å². The SMILES string of the molecule is O=C(Oc1cccc(Nc2ncnc3ccc(Br)cc23)c1)c1cc([N+](=O)[O-])cc([N+](=O)[O-])c1. The van der Waals surface area contributed by atoms with Gasteiger partial charge in [-0.05, 0) is 30.3 Å². The number of rotatable bonds is 6. The van der Waals surface area contributed by atoms with Gasteiger partial charge in [0.15, 0.2) is 0 Å². The first-order valence-corrected chi connectivity index (χ1v) is 10.0. The number of carbonyl (C=O) groups is 1. The fourth-order valence-electron chi connectivity index (χ4n) is 2.99. The first-order chi connectivity index (χ1) is 15.8. The van der Waals surface area contributed by atoms with Crippen molar-refractivity contribution in [2.75, 3.05) is 5.32 Å². The number of hydrogen-bond acceptors (Lipinski definition) is 9. The topological polar surface area (TPSA) is 150 Å². The molecule has 0 aliphatic rings. The van der Waals surface area contributed by atoms with E-state index in [1.54, 1.807) is 12.1 Å². The van der Waals surface area contributed by atoms with E-state index in [-0.39, 0.29) is 11.3 Å². The summed E-state index contributed by atoms with van der Waals surface area (Å²) in [6.07, 6.45) is 1.41. The highest BCUT2D eigenvalue weighted by Crippen LogP contribution is 2.28. The summed E-state index contributed by atoms with van der Waals surface area (Å²) >= 11 is 3.42. The second kappa shape index (κ2) is 8.96. The Balaban J connectivity index is 1.60. The molecule has 0 radical (unpaired) electrons. The monoisotopic (exact) mass is 509 g/mol. The lowest BCUT2D eigenvalue weighted by molar-refractivity contribution is -0.394. The molecule has 0 saturated heterocycles. The number of nitro benzene ring substituents is 2. The van der Waals surface area contributed by atoms with Crippen molar-refractivity contribution in [3.8, 4) is 5.75 Å². The Bertz CT molecular complexity index is 1400. The summed E-state index contributed by atoms with van der Waals surface area (Å²) in [5, 5.41) is 26.0. The predicted octanol–water partition coefficient (Wildman–Crippen LogP) is 5.17. The molecule has 0 bridgehead atoms. The summed E-state index contributed by atoms with van der Waals surface area (Å²) < 4.78 is 6.14. The van der Waals surface area contributed by atoms with Gasteiger partial charge in [-0.2, -0.15) is 0 Å². The van der Waals surface area contributed by atoms with Crippen LogP contribution in [0.15, 0.2) is 71.5 Å². The van der Waals surface area contributed by atoms with Gasteiger partial charge in [0.05, 0.1) is 27.0 Å². The van der Waals surface area contributed by atoms with Crippen molar-refractivity contribution < 1.29 is 19.4 Å². The summed E-state index contributed by atoms with van der Waals surface area (Å²) in [6.45, 7) is 0. The van der Waals surface area contributed by atoms with E-state index in [0.717, 1.165) is 33.6 Å². The summed E-state index contributed by atoms with van der Waals surface area (Å²) in [5.74, 6) is -0.326. The van der Waals surface area contributed by atoms with Crippen LogP contribution in [0.4, 0.5) is 22.9 Å². The lowest BCUT2D eigenvalue weighted by Crippen LogP contribution is -2.10. The zero-order valence-corrected chi connectivity index (χ0v) is 18.1. The molecule has 11 nitrogen and oxygen atoms in total. The molecule has 0 spiro atoms. The minimum Gasteiger partial charge on any atom is -0.423 e. The standard InChI is InChI=1S/C21H12BrN5O6/c22-13-4-5-19-18(8-13)20(24-11-23-19)25-14-2-1-3-17(9-14)33-21(28)12-6-15(26(29)30)10-16(7-12)27(31)32/h1-11H,(H,23,24,25). The molecule has 1 N–H and O–H groups in total. The van der Waals surface area contributed by atoms with E-state index >= 15 is 0 Å². The molecular weight excluding hydrogens is 498 g/mol. The number of carbonyl (C=O) groups excluding carboxylic acids is 1. The van der Waals surface area contributed by atoms with Gasteiger partial charge in [-0.25, -0.2) is 14.8 Å². The number of fused-ring (bicyclic) bond motifs is 1. The molecule has 1 aromatic heterocycles. The van der Waals surface area contributed by atoms with Crippen molar-refractivity contribution in [3.05, 3.63) is 97.3 Å². The fourth-order valence-corrected chi connectivity index (χ4v) is 3.35. The molecule has 0 saturated carbocycles. The minimum atomic E-state index is -0.977. The van der Waals surface area contributed by atoms with E-state index in [0.29, 0.717) is 11.5 Å². The van der Waals surface area contributed by atoms with Gasteiger partial charge in [0.1, 0.15) is 17.9 Å². The lowest BCUT2D eigenvalue weighted by atomic mass is 10.1. The van der Waals surface area contributed by atoms with Crippen LogP contribution in [0.1, 0.15) is 10.4 Å². The first kappa shape index (κ1) is 21.8. The minimum absolute atomic E-state index is 0.124. The second-order valence-electron chi connectivity index (χ2n) is 6.68. The maximum Gasteiger partial charge on any atom is 0.344 e. The average molecular weight is 510 g/mol. The van der Waals surface area contributed by atoms with E-state index in [9.17, 15) is 25.0 Å². The van der Waals surface area contributed by atoms with Crippen molar-refractivity contribution >= 4 is 55.7 Å². The third-order valence-electron chi connectivity index (χ3n) is 4.46. The molecule has 4 aromatic rings. The summed E-state index contributed by atoms with van der Waals surface area (Å²) in [5.41, 5.74) is -0.224. The molecule has 0 fully saturated rings. The summed E-state index contributed by atoms with van der Waals surface area (Å²) in [7, 11) is 0. The zero-order valence-electron chi connectivity index (χ0n) is 16.5. The van der Waals surface area contributed by atoms with Gasteiger partial charge >= 0.3 is 5.97 Å². The third kappa shape index (κ3) is 4.91. The van der Waals surface area contributed by atoms with E-state index < -0.39 is 27.2 Å². The lowest BCUT2D eigenvalue weighted by Gasteiger charge is -2.10. The molecule has 164 valence electrons. The summed E-state index contributed by atoms with van der Waals surface area (Å²) in [4.78, 5) is 41.5.